The first-order chi connectivity index (χ1) is 8.26. The van der Waals surface area contributed by atoms with E-state index in [0.717, 1.165) is 31.8 Å². The molecule has 0 unspecified atom stereocenters. The highest BCUT2D eigenvalue weighted by atomic mass is 16.5. The molecule has 0 aromatic carbocycles. The standard InChI is InChI=1S/C12H20N4O/c1-16-9-14-11(15-16)17-12(5-2-6-12)7-8-13-10-3-4-10/h9-10,13H,2-8H2,1H3. The molecule has 0 radical (unpaired) electrons. The Bertz CT molecular complexity index is 382. The van der Waals surface area contributed by atoms with E-state index in [0.29, 0.717) is 6.01 Å². The van der Waals surface area contributed by atoms with Gasteiger partial charge in [-0.1, -0.05) is 0 Å². The van der Waals surface area contributed by atoms with Crippen molar-refractivity contribution < 1.29 is 4.74 Å². The third-order valence-electron chi connectivity index (χ3n) is 3.74. The Labute approximate surface area is 102 Å². The second kappa shape index (κ2) is 4.29. The minimum atomic E-state index is 0.00322. The third kappa shape index (κ3) is 2.60. The van der Waals surface area contributed by atoms with E-state index in [9.17, 15) is 0 Å². The van der Waals surface area contributed by atoms with Gasteiger partial charge < -0.3 is 10.1 Å². The first kappa shape index (κ1) is 11.0. The van der Waals surface area contributed by atoms with Gasteiger partial charge in [-0.2, -0.15) is 4.98 Å². The number of hydrogen-bond acceptors (Lipinski definition) is 4. The third-order valence-corrected chi connectivity index (χ3v) is 3.74. The number of aryl methyl sites for hydroxylation is 1. The first-order valence-corrected chi connectivity index (χ1v) is 6.54. The van der Waals surface area contributed by atoms with Crippen LogP contribution in [0.2, 0.25) is 0 Å². The van der Waals surface area contributed by atoms with Crippen molar-refractivity contribution in [3.63, 3.8) is 0 Å². The van der Waals surface area contributed by atoms with Gasteiger partial charge in [-0.05, 0) is 45.1 Å². The highest BCUT2D eigenvalue weighted by molar-refractivity contribution is 4.99. The molecular weight excluding hydrogens is 216 g/mol. The molecule has 5 heteroatoms. The molecule has 1 N–H and O–H groups in total. The fourth-order valence-corrected chi connectivity index (χ4v) is 2.33. The summed E-state index contributed by atoms with van der Waals surface area (Å²) in [6.07, 6.45) is 8.97. The van der Waals surface area contributed by atoms with E-state index in [2.05, 4.69) is 15.4 Å². The average molecular weight is 236 g/mol. The van der Waals surface area contributed by atoms with Crippen LogP contribution in [-0.2, 0) is 7.05 Å². The van der Waals surface area contributed by atoms with Crippen LogP contribution < -0.4 is 10.1 Å². The van der Waals surface area contributed by atoms with Crippen molar-refractivity contribution in [1.82, 2.24) is 20.1 Å². The topological polar surface area (TPSA) is 52.0 Å². The molecule has 2 saturated carbocycles. The van der Waals surface area contributed by atoms with Gasteiger partial charge in [-0.15, -0.1) is 5.10 Å². The lowest BCUT2D eigenvalue weighted by Gasteiger charge is -2.40. The number of nitrogens with one attached hydrogen (secondary N) is 1. The predicted molar refractivity (Wildman–Crippen MR) is 63.9 cm³/mol. The molecule has 1 aromatic rings. The lowest BCUT2D eigenvalue weighted by atomic mass is 9.77. The molecule has 0 spiro atoms. The first-order valence-electron chi connectivity index (χ1n) is 6.54. The molecule has 1 heterocycles. The van der Waals surface area contributed by atoms with Crippen molar-refractivity contribution in [1.29, 1.82) is 0 Å². The second-order valence-corrected chi connectivity index (χ2v) is 5.32. The Morgan fingerprint density at radius 3 is 2.88 bits per heavy atom. The monoisotopic (exact) mass is 236 g/mol. The van der Waals surface area contributed by atoms with Crippen LogP contribution in [-0.4, -0.2) is 33.0 Å². The average Bonchev–Trinajstić information content (AvgIpc) is 2.98. The van der Waals surface area contributed by atoms with E-state index in [1.54, 1.807) is 11.0 Å². The maximum atomic E-state index is 5.98. The summed E-state index contributed by atoms with van der Waals surface area (Å²) in [7, 11) is 1.86. The maximum absolute atomic E-state index is 5.98. The van der Waals surface area contributed by atoms with Crippen molar-refractivity contribution >= 4 is 0 Å². The number of nitrogens with zero attached hydrogens (tertiary/aromatic N) is 3. The lowest BCUT2D eigenvalue weighted by molar-refractivity contribution is -0.0218. The van der Waals surface area contributed by atoms with E-state index in [1.807, 2.05) is 7.05 Å². The van der Waals surface area contributed by atoms with Gasteiger partial charge in [0.1, 0.15) is 11.9 Å². The fraction of sp³-hybridized carbons (Fsp3) is 0.833. The molecule has 0 aliphatic heterocycles. The number of ether oxygens (including phenoxy) is 1. The molecule has 3 rings (SSSR count). The van der Waals surface area contributed by atoms with Crippen LogP contribution in [0.5, 0.6) is 6.01 Å². The summed E-state index contributed by atoms with van der Waals surface area (Å²) in [6.45, 7) is 1.05. The van der Waals surface area contributed by atoms with Crippen LogP contribution in [0, 0.1) is 0 Å². The van der Waals surface area contributed by atoms with Gasteiger partial charge in [-0.25, -0.2) is 0 Å². The van der Waals surface area contributed by atoms with Crippen LogP contribution >= 0.6 is 0 Å². The van der Waals surface area contributed by atoms with Gasteiger partial charge in [0.25, 0.3) is 0 Å². The molecule has 1 aromatic heterocycles. The van der Waals surface area contributed by atoms with Gasteiger partial charge in [-0.3, -0.25) is 4.68 Å². The molecule has 5 nitrogen and oxygen atoms in total. The van der Waals surface area contributed by atoms with Crippen molar-refractivity contribution in [2.24, 2.45) is 7.05 Å². The summed E-state index contributed by atoms with van der Waals surface area (Å²) in [5.41, 5.74) is 0.00322. The molecule has 0 saturated heterocycles. The normalized spacial score (nSPS) is 22.2. The maximum Gasteiger partial charge on any atom is 0.335 e. The van der Waals surface area contributed by atoms with Crippen LogP contribution in [0.3, 0.4) is 0 Å². The van der Waals surface area contributed by atoms with E-state index < -0.39 is 0 Å². The summed E-state index contributed by atoms with van der Waals surface area (Å²) >= 11 is 0. The fourth-order valence-electron chi connectivity index (χ4n) is 2.33. The molecule has 0 amide bonds. The van der Waals surface area contributed by atoms with Crippen molar-refractivity contribution in [2.45, 2.75) is 50.2 Å². The highest BCUT2D eigenvalue weighted by Crippen LogP contribution is 2.38. The molecule has 2 aliphatic rings. The smallest absolute Gasteiger partial charge is 0.335 e. The van der Waals surface area contributed by atoms with Gasteiger partial charge in [0.2, 0.25) is 0 Å². The minimum absolute atomic E-state index is 0.00322. The predicted octanol–water partition coefficient (Wildman–Crippen LogP) is 1.26. The van der Waals surface area contributed by atoms with Gasteiger partial charge in [0.15, 0.2) is 0 Å². The van der Waals surface area contributed by atoms with Crippen molar-refractivity contribution in [3.05, 3.63) is 6.33 Å². The molecule has 0 atom stereocenters. The molecular formula is C12H20N4O. The molecule has 0 bridgehead atoms. The summed E-state index contributed by atoms with van der Waals surface area (Å²) in [5, 5.41) is 7.74. The Balaban J connectivity index is 1.53. The zero-order chi connectivity index (χ0) is 11.7. The summed E-state index contributed by atoms with van der Waals surface area (Å²) in [5.74, 6) is 0. The summed E-state index contributed by atoms with van der Waals surface area (Å²) in [4.78, 5) is 4.15. The van der Waals surface area contributed by atoms with Crippen LogP contribution in [0.1, 0.15) is 38.5 Å². The summed E-state index contributed by atoms with van der Waals surface area (Å²) in [6, 6.07) is 1.30. The SMILES string of the molecule is Cn1cnc(OC2(CCNC3CC3)CCC2)n1. The number of rotatable bonds is 6. The molecule has 2 fully saturated rings. The Kier molecular flexibility index (Phi) is 2.78. The lowest BCUT2D eigenvalue weighted by Crippen LogP contribution is -2.45. The zero-order valence-electron chi connectivity index (χ0n) is 10.4. The minimum Gasteiger partial charge on any atom is -0.456 e. The quantitative estimate of drug-likeness (QED) is 0.808. The Morgan fingerprint density at radius 2 is 2.35 bits per heavy atom. The molecule has 17 heavy (non-hydrogen) atoms. The largest absolute Gasteiger partial charge is 0.456 e. The van der Waals surface area contributed by atoms with E-state index >= 15 is 0 Å². The van der Waals surface area contributed by atoms with Crippen molar-refractivity contribution in [2.75, 3.05) is 6.54 Å². The molecule has 94 valence electrons. The zero-order valence-corrected chi connectivity index (χ0v) is 10.4. The van der Waals surface area contributed by atoms with E-state index in [-0.39, 0.29) is 5.60 Å². The second-order valence-electron chi connectivity index (χ2n) is 5.32. The van der Waals surface area contributed by atoms with Crippen molar-refractivity contribution in [3.8, 4) is 6.01 Å². The highest BCUT2D eigenvalue weighted by Gasteiger charge is 2.40. The summed E-state index contributed by atoms with van der Waals surface area (Å²) < 4.78 is 7.66. The van der Waals surface area contributed by atoms with Crippen LogP contribution in [0.15, 0.2) is 6.33 Å². The van der Waals surface area contributed by atoms with Crippen LogP contribution in [0.25, 0.3) is 0 Å². The van der Waals surface area contributed by atoms with E-state index in [4.69, 9.17) is 4.74 Å². The van der Waals surface area contributed by atoms with E-state index in [1.165, 1.54) is 19.3 Å². The molecule has 2 aliphatic carbocycles. The van der Waals surface area contributed by atoms with Gasteiger partial charge >= 0.3 is 6.01 Å². The van der Waals surface area contributed by atoms with Gasteiger partial charge in [0, 0.05) is 13.1 Å². The number of aromatic nitrogens is 3. The number of hydrogen-bond donors (Lipinski definition) is 1. The van der Waals surface area contributed by atoms with Gasteiger partial charge in [0.05, 0.1) is 0 Å². The Hall–Kier alpha value is -1.10. The Morgan fingerprint density at radius 1 is 1.53 bits per heavy atom. The van der Waals surface area contributed by atoms with Crippen LogP contribution in [0.4, 0.5) is 0 Å².